The van der Waals surface area contributed by atoms with Gasteiger partial charge in [-0.25, -0.2) is 0 Å². The fraction of sp³-hybridized carbons (Fsp3) is 0.600. The highest BCUT2D eigenvalue weighted by molar-refractivity contribution is 5.83. The second-order valence-electron chi connectivity index (χ2n) is 3.41. The lowest BCUT2D eigenvalue weighted by Crippen LogP contribution is -2.43. The van der Waals surface area contributed by atoms with Gasteiger partial charge in [-0.1, -0.05) is 6.08 Å². The summed E-state index contributed by atoms with van der Waals surface area (Å²) in [4.78, 5) is 22.3. The third-order valence-electron chi connectivity index (χ3n) is 2.28. The maximum Gasteiger partial charge on any atom is 0.224 e. The molecule has 1 aliphatic heterocycles. The summed E-state index contributed by atoms with van der Waals surface area (Å²) in [6.45, 7) is 4.67. The highest BCUT2D eigenvalue weighted by atomic mass is 16.2. The van der Waals surface area contributed by atoms with E-state index in [9.17, 15) is 9.59 Å². The minimum Gasteiger partial charge on any atom is -0.355 e. The van der Waals surface area contributed by atoms with E-state index in [1.165, 1.54) is 0 Å². The summed E-state index contributed by atoms with van der Waals surface area (Å²) in [6, 6.07) is 0. The smallest absolute Gasteiger partial charge is 0.224 e. The van der Waals surface area contributed by atoms with E-state index in [2.05, 4.69) is 17.2 Å². The molecule has 1 fully saturated rings. The van der Waals surface area contributed by atoms with Gasteiger partial charge in [-0.15, -0.1) is 6.58 Å². The molecule has 1 heterocycles. The molecule has 0 aromatic rings. The molecule has 1 rings (SSSR count). The maximum absolute atomic E-state index is 11.5. The molecule has 1 saturated heterocycles. The van der Waals surface area contributed by atoms with Crippen molar-refractivity contribution in [3.05, 3.63) is 12.7 Å². The van der Waals surface area contributed by atoms with Gasteiger partial charge < -0.3 is 10.6 Å². The van der Waals surface area contributed by atoms with Crippen LogP contribution in [-0.4, -0.2) is 24.9 Å². The van der Waals surface area contributed by atoms with Crippen molar-refractivity contribution in [3.63, 3.8) is 0 Å². The van der Waals surface area contributed by atoms with E-state index in [1.54, 1.807) is 6.08 Å². The Kier molecular flexibility index (Phi) is 4.16. The van der Waals surface area contributed by atoms with Gasteiger partial charge in [0.25, 0.3) is 0 Å². The van der Waals surface area contributed by atoms with E-state index in [0.29, 0.717) is 25.9 Å². The number of carbonyl (C=O) groups excluding carboxylic acids is 2. The highest BCUT2D eigenvalue weighted by Gasteiger charge is 2.23. The molecule has 0 aromatic carbocycles. The fourth-order valence-corrected chi connectivity index (χ4v) is 1.40. The van der Waals surface area contributed by atoms with E-state index < -0.39 is 0 Å². The summed E-state index contributed by atoms with van der Waals surface area (Å²) in [5.41, 5.74) is 0. The Labute approximate surface area is 83.8 Å². The summed E-state index contributed by atoms with van der Waals surface area (Å²) < 4.78 is 0. The van der Waals surface area contributed by atoms with Crippen LogP contribution >= 0.6 is 0 Å². The normalized spacial score (nSPS) is 21.1. The predicted molar refractivity (Wildman–Crippen MR) is 53.6 cm³/mol. The number of hydrogen-bond donors (Lipinski definition) is 2. The molecular weight excluding hydrogens is 180 g/mol. The lowest BCUT2D eigenvalue weighted by atomic mass is 9.98. The van der Waals surface area contributed by atoms with Crippen molar-refractivity contribution >= 4 is 11.8 Å². The van der Waals surface area contributed by atoms with Crippen LogP contribution in [0.4, 0.5) is 0 Å². The summed E-state index contributed by atoms with van der Waals surface area (Å²) in [7, 11) is 0. The van der Waals surface area contributed by atoms with Gasteiger partial charge in [0.05, 0.1) is 5.92 Å². The zero-order valence-electron chi connectivity index (χ0n) is 8.21. The van der Waals surface area contributed by atoms with E-state index in [4.69, 9.17) is 0 Å². The van der Waals surface area contributed by atoms with Crippen LogP contribution in [-0.2, 0) is 9.59 Å². The van der Waals surface area contributed by atoms with Crippen molar-refractivity contribution in [2.45, 2.75) is 19.3 Å². The molecule has 0 spiro atoms. The molecule has 2 amide bonds. The summed E-state index contributed by atoms with van der Waals surface area (Å²) in [6.07, 6.45) is 3.67. The quantitative estimate of drug-likeness (QED) is 0.498. The Morgan fingerprint density at radius 2 is 2.50 bits per heavy atom. The number of hydrogen-bond acceptors (Lipinski definition) is 2. The topological polar surface area (TPSA) is 58.2 Å². The van der Waals surface area contributed by atoms with Crippen LogP contribution < -0.4 is 10.6 Å². The van der Waals surface area contributed by atoms with E-state index >= 15 is 0 Å². The minimum atomic E-state index is -0.0579. The van der Waals surface area contributed by atoms with Gasteiger partial charge in [0.2, 0.25) is 11.8 Å². The van der Waals surface area contributed by atoms with Crippen molar-refractivity contribution in [3.8, 4) is 0 Å². The highest BCUT2D eigenvalue weighted by Crippen LogP contribution is 2.10. The summed E-state index contributed by atoms with van der Waals surface area (Å²) in [5.74, 6) is 0.0181. The van der Waals surface area contributed by atoms with Gasteiger partial charge in [-0.2, -0.15) is 0 Å². The molecule has 0 saturated carbocycles. The predicted octanol–water partition coefficient (Wildman–Crippen LogP) is 0.205. The third kappa shape index (κ3) is 3.20. The standard InChI is InChI=1S/C10H16N2O2/c1-2-3-6-11-10(14)8-4-5-9(13)12-7-8/h2,8H,1,3-7H2,(H,11,14)(H,12,13). The lowest BCUT2D eigenvalue weighted by Gasteiger charge is -2.21. The average molecular weight is 196 g/mol. The van der Waals surface area contributed by atoms with Crippen LogP contribution in [0.2, 0.25) is 0 Å². The molecule has 0 aromatic heterocycles. The van der Waals surface area contributed by atoms with Crippen LogP contribution in [0.15, 0.2) is 12.7 Å². The molecule has 1 aliphatic rings. The molecule has 1 unspecified atom stereocenters. The molecule has 4 nitrogen and oxygen atoms in total. The van der Waals surface area contributed by atoms with Crippen molar-refractivity contribution in [1.29, 1.82) is 0 Å². The third-order valence-corrected chi connectivity index (χ3v) is 2.28. The average Bonchev–Trinajstić information content (AvgIpc) is 2.19. The van der Waals surface area contributed by atoms with Crippen LogP contribution in [0.1, 0.15) is 19.3 Å². The summed E-state index contributed by atoms with van der Waals surface area (Å²) in [5, 5.41) is 5.49. The molecule has 0 radical (unpaired) electrons. The second kappa shape index (κ2) is 5.42. The molecule has 4 heteroatoms. The maximum atomic E-state index is 11.5. The molecule has 2 N–H and O–H groups in total. The van der Waals surface area contributed by atoms with Gasteiger partial charge in [0, 0.05) is 19.5 Å². The number of piperidine rings is 1. The molecule has 78 valence electrons. The van der Waals surface area contributed by atoms with E-state index in [0.717, 1.165) is 6.42 Å². The van der Waals surface area contributed by atoms with Gasteiger partial charge in [-0.05, 0) is 12.8 Å². The molecule has 0 bridgehead atoms. The Bertz CT molecular complexity index is 228. The van der Waals surface area contributed by atoms with Crippen molar-refractivity contribution in [2.75, 3.05) is 13.1 Å². The van der Waals surface area contributed by atoms with Crippen molar-refractivity contribution < 1.29 is 9.59 Å². The monoisotopic (exact) mass is 196 g/mol. The minimum absolute atomic E-state index is 0.0341. The second-order valence-corrected chi connectivity index (χ2v) is 3.41. The fourth-order valence-electron chi connectivity index (χ4n) is 1.40. The first kappa shape index (κ1) is 10.8. The zero-order chi connectivity index (χ0) is 10.4. The van der Waals surface area contributed by atoms with E-state index in [-0.39, 0.29) is 17.7 Å². The van der Waals surface area contributed by atoms with Gasteiger partial charge in [0.15, 0.2) is 0 Å². The van der Waals surface area contributed by atoms with Crippen LogP contribution in [0.25, 0.3) is 0 Å². The first-order valence-corrected chi connectivity index (χ1v) is 4.89. The molecule has 0 aliphatic carbocycles. The Balaban J connectivity index is 2.23. The Hall–Kier alpha value is -1.32. The molecule has 1 atom stereocenters. The summed E-state index contributed by atoms with van der Waals surface area (Å²) >= 11 is 0. The number of carbonyl (C=O) groups is 2. The largest absolute Gasteiger partial charge is 0.355 e. The zero-order valence-corrected chi connectivity index (χ0v) is 8.21. The molecular formula is C10H16N2O2. The lowest BCUT2D eigenvalue weighted by molar-refractivity contribution is -0.128. The Morgan fingerprint density at radius 3 is 3.07 bits per heavy atom. The van der Waals surface area contributed by atoms with Gasteiger partial charge in [-0.3, -0.25) is 9.59 Å². The first-order chi connectivity index (χ1) is 6.74. The number of rotatable bonds is 4. The molecule has 14 heavy (non-hydrogen) atoms. The van der Waals surface area contributed by atoms with Crippen LogP contribution in [0.5, 0.6) is 0 Å². The van der Waals surface area contributed by atoms with Crippen LogP contribution in [0, 0.1) is 5.92 Å². The van der Waals surface area contributed by atoms with Gasteiger partial charge >= 0.3 is 0 Å². The SMILES string of the molecule is C=CCCNC(=O)C1CCC(=O)NC1. The van der Waals surface area contributed by atoms with E-state index in [1.807, 2.05) is 0 Å². The Morgan fingerprint density at radius 1 is 1.71 bits per heavy atom. The van der Waals surface area contributed by atoms with Crippen molar-refractivity contribution in [2.24, 2.45) is 5.92 Å². The van der Waals surface area contributed by atoms with Gasteiger partial charge in [0.1, 0.15) is 0 Å². The van der Waals surface area contributed by atoms with Crippen molar-refractivity contribution in [1.82, 2.24) is 10.6 Å². The first-order valence-electron chi connectivity index (χ1n) is 4.89. The number of amides is 2. The number of nitrogens with one attached hydrogen (secondary N) is 2. The van der Waals surface area contributed by atoms with Crippen LogP contribution in [0.3, 0.4) is 0 Å².